The van der Waals surface area contributed by atoms with Crippen molar-refractivity contribution in [1.82, 2.24) is 19.8 Å². The third-order valence-electron chi connectivity index (χ3n) is 3.33. The summed E-state index contributed by atoms with van der Waals surface area (Å²) in [6.07, 6.45) is 1.42. The number of hydrogen-bond acceptors (Lipinski definition) is 5. The van der Waals surface area contributed by atoms with Crippen molar-refractivity contribution in [3.8, 4) is 0 Å². The number of hydrogen-bond donors (Lipinski definition) is 2. The molecule has 2 heterocycles. The van der Waals surface area contributed by atoms with Crippen LogP contribution in [0.5, 0.6) is 0 Å². The van der Waals surface area contributed by atoms with Crippen molar-refractivity contribution in [3.63, 3.8) is 0 Å². The van der Waals surface area contributed by atoms with E-state index in [1.54, 1.807) is 0 Å². The summed E-state index contributed by atoms with van der Waals surface area (Å²) in [5.74, 6) is 0. The van der Waals surface area contributed by atoms with E-state index < -0.39 is 10.0 Å². The van der Waals surface area contributed by atoms with Crippen molar-refractivity contribution < 1.29 is 13.2 Å². The molecule has 0 atom stereocenters. The van der Waals surface area contributed by atoms with Crippen molar-refractivity contribution in [1.29, 1.82) is 0 Å². The number of H-pyrrole nitrogens is 1. The second-order valence-corrected chi connectivity index (χ2v) is 6.89. The van der Waals surface area contributed by atoms with E-state index in [4.69, 9.17) is 4.74 Å². The first kappa shape index (κ1) is 14.4. The van der Waals surface area contributed by atoms with Crippen LogP contribution in [0.2, 0.25) is 0 Å². The largest absolute Gasteiger partial charge is 0.379 e. The van der Waals surface area contributed by atoms with Gasteiger partial charge >= 0.3 is 0 Å². The van der Waals surface area contributed by atoms with Crippen molar-refractivity contribution >= 4 is 10.0 Å². The highest BCUT2D eigenvalue weighted by Crippen LogP contribution is 2.16. The monoisotopic (exact) mass is 288 g/mol. The third kappa shape index (κ3) is 3.53. The highest BCUT2D eigenvalue weighted by Gasteiger charge is 2.30. The van der Waals surface area contributed by atoms with Crippen LogP contribution in [-0.2, 0) is 14.8 Å². The van der Waals surface area contributed by atoms with Gasteiger partial charge in [0.15, 0.2) is 5.03 Å². The second-order valence-electron chi connectivity index (χ2n) is 5.16. The summed E-state index contributed by atoms with van der Waals surface area (Å²) >= 11 is 0. The summed E-state index contributed by atoms with van der Waals surface area (Å²) in [6.45, 7) is 7.40. The van der Waals surface area contributed by atoms with Crippen molar-refractivity contribution in [2.45, 2.75) is 24.4 Å². The van der Waals surface area contributed by atoms with Crippen molar-refractivity contribution in [2.75, 3.05) is 32.8 Å². The van der Waals surface area contributed by atoms with Gasteiger partial charge in [0, 0.05) is 25.2 Å². The molecule has 7 nitrogen and oxygen atoms in total. The van der Waals surface area contributed by atoms with Gasteiger partial charge in [-0.3, -0.25) is 10.00 Å². The highest BCUT2D eigenvalue weighted by molar-refractivity contribution is 7.89. The topological polar surface area (TPSA) is 87.3 Å². The molecular weight excluding hydrogens is 268 g/mol. The summed E-state index contributed by atoms with van der Waals surface area (Å²) in [6, 6.07) is 1.43. The number of nitrogens with one attached hydrogen (secondary N) is 2. The first-order valence-corrected chi connectivity index (χ1v) is 7.72. The lowest BCUT2D eigenvalue weighted by Crippen LogP contribution is -2.55. The first-order chi connectivity index (χ1) is 8.92. The maximum atomic E-state index is 12.0. The van der Waals surface area contributed by atoms with Crippen LogP contribution in [0.25, 0.3) is 0 Å². The van der Waals surface area contributed by atoms with E-state index in [2.05, 4.69) is 19.8 Å². The summed E-state index contributed by atoms with van der Waals surface area (Å²) in [5.41, 5.74) is -0.253. The maximum absolute atomic E-state index is 12.0. The van der Waals surface area contributed by atoms with Crippen LogP contribution in [0, 0.1) is 0 Å². The zero-order chi connectivity index (χ0) is 13.9. The molecule has 1 saturated heterocycles. The molecule has 2 rings (SSSR count). The summed E-state index contributed by atoms with van der Waals surface area (Å²) in [5, 5.41) is 6.20. The fourth-order valence-corrected chi connectivity index (χ4v) is 3.13. The number of rotatable bonds is 5. The summed E-state index contributed by atoms with van der Waals surface area (Å²) < 4.78 is 31.9. The fraction of sp³-hybridized carbons (Fsp3) is 0.727. The van der Waals surface area contributed by atoms with Crippen LogP contribution < -0.4 is 4.72 Å². The van der Waals surface area contributed by atoms with Crippen LogP contribution in [0.3, 0.4) is 0 Å². The number of aromatic nitrogens is 2. The molecule has 1 aromatic heterocycles. The Morgan fingerprint density at radius 2 is 2.16 bits per heavy atom. The molecule has 0 spiro atoms. The Kier molecular flexibility index (Phi) is 4.24. The number of morpholine rings is 1. The zero-order valence-electron chi connectivity index (χ0n) is 11.2. The molecule has 0 aromatic carbocycles. The van der Waals surface area contributed by atoms with Crippen LogP contribution in [0.1, 0.15) is 13.8 Å². The number of sulfonamides is 1. The molecule has 0 unspecified atom stereocenters. The maximum Gasteiger partial charge on any atom is 0.257 e. The Morgan fingerprint density at radius 3 is 2.74 bits per heavy atom. The van der Waals surface area contributed by atoms with E-state index in [0.29, 0.717) is 19.8 Å². The molecule has 1 aliphatic heterocycles. The molecule has 8 heteroatoms. The van der Waals surface area contributed by atoms with Gasteiger partial charge in [-0.2, -0.15) is 5.10 Å². The molecular formula is C11H20N4O3S. The number of aromatic amines is 1. The van der Waals surface area contributed by atoms with Crippen LogP contribution in [-0.4, -0.2) is 61.9 Å². The molecule has 0 radical (unpaired) electrons. The minimum atomic E-state index is -3.51. The molecule has 2 N–H and O–H groups in total. The second kappa shape index (κ2) is 5.58. The van der Waals surface area contributed by atoms with Crippen molar-refractivity contribution in [3.05, 3.63) is 12.3 Å². The van der Waals surface area contributed by atoms with Gasteiger partial charge in [-0.25, -0.2) is 13.1 Å². The Morgan fingerprint density at radius 1 is 1.47 bits per heavy atom. The zero-order valence-corrected chi connectivity index (χ0v) is 12.0. The van der Waals surface area contributed by atoms with Gasteiger partial charge in [-0.15, -0.1) is 0 Å². The highest BCUT2D eigenvalue weighted by atomic mass is 32.2. The van der Waals surface area contributed by atoms with E-state index in [9.17, 15) is 8.42 Å². The fourth-order valence-electron chi connectivity index (χ4n) is 2.02. The number of nitrogens with zero attached hydrogens (tertiary/aromatic N) is 2. The number of ether oxygens (including phenoxy) is 1. The average molecular weight is 288 g/mol. The van der Waals surface area contributed by atoms with E-state index in [1.165, 1.54) is 12.3 Å². The average Bonchev–Trinajstić information content (AvgIpc) is 2.93. The normalized spacial score (nSPS) is 18.6. The van der Waals surface area contributed by atoms with Gasteiger partial charge in [0.1, 0.15) is 0 Å². The molecule has 0 aliphatic carbocycles. The van der Waals surface area contributed by atoms with Gasteiger partial charge in [-0.1, -0.05) is 0 Å². The Bertz CT molecular complexity index is 492. The molecule has 0 saturated carbocycles. The predicted octanol–water partition coefficient (Wildman–Crippen LogP) is -0.201. The standard InChI is InChI=1S/C11H20N4O3S/c1-11(2,15-5-7-18-8-6-15)9-13-19(16,17)10-3-4-12-14-10/h3-4,13H,5-9H2,1-2H3,(H,12,14). The SMILES string of the molecule is CC(C)(CNS(=O)(=O)c1ccn[nH]1)N1CCOCC1. The van der Waals surface area contributed by atoms with Gasteiger partial charge in [0.25, 0.3) is 10.0 Å². The molecule has 0 bridgehead atoms. The van der Waals surface area contributed by atoms with Gasteiger partial charge in [-0.05, 0) is 19.9 Å². The lowest BCUT2D eigenvalue weighted by molar-refractivity contribution is -0.00804. The Labute approximate surface area is 113 Å². The van der Waals surface area contributed by atoms with Crippen LogP contribution in [0.15, 0.2) is 17.3 Å². The predicted molar refractivity (Wildman–Crippen MR) is 70.2 cm³/mol. The molecule has 1 aliphatic rings. The molecule has 1 fully saturated rings. The van der Waals surface area contributed by atoms with E-state index in [1.807, 2.05) is 13.8 Å². The summed E-state index contributed by atoms with van der Waals surface area (Å²) in [7, 11) is -3.51. The molecule has 1 aromatic rings. The Hall–Kier alpha value is -0.960. The smallest absolute Gasteiger partial charge is 0.257 e. The molecule has 0 amide bonds. The van der Waals surface area contributed by atoms with Crippen LogP contribution >= 0.6 is 0 Å². The minimum absolute atomic E-state index is 0.0882. The lowest BCUT2D eigenvalue weighted by atomic mass is 10.0. The van der Waals surface area contributed by atoms with Gasteiger partial charge in [0.2, 0.25) is 0 Å². The van der Waals surface area contributed by atoms with Gasteiger partial charge < -0.3 is 4.74 Å². The minimum Gasteiger partial charge on any atom is -0.379 e. The van der Waals surface area contributed by atoms with E-state index in [-0.39, 0.29) is 10.6 Å². The summed E-state index contributed by atoms with van der Waals surface area (Å²) in [4.78, 5) is 2.23. The third-order valence-corrected chi connectivity index (χ3v) is 4.66. The van der Waals surface area contributed by atoms with E-state index in [0.717, 1.165) is 13.1 Å². The molecule has 19 heavy (non-hydrogen) atoms. The molecule has 108 valence electrons. The van der Waals surface area contributed by atoms with Crippen molar-refractivity contribution in [2.24, 2.45) is 0 Å². The van der Waals surface area contributed by atoms with Crippen LogP contribution in [0.4, 0.5) is 0 Å². The first-order valence-electron chi connectivity index (χ1n) is 6.24. The Balaban J connectivity index is 1.97. The van der Waals surface area contributed by atoms with Gasteiger partial charge in [0.05, 0.1) is 19.4 Å². The van der Waals surface area contributed by atoms with E-state index >= 15 is 0 Å². The lowest BCUT2D eigenvalue weighted by Gasteiger charge is -2.40. The quantitative estimate of drug-likeness (QED) is 0.783.